The van der Waals surface area contributed by atoms with Crippen LogP contribution in [0.25, 0.3) is 0 Å². The van der Waals surface area contributed by atoms with E-state index in [9.17, 15) is 9.59 Å². The predicted molar refractivity (Wildman–Crippen MR) is 85.7 cm³/mol. The van der Waals surface area contributed by atoms with E-state index >= 15 is 0 Å². The normalized spacial score (nSPS) is 9.91. The molecule has 117 valence electrons. The van der Waals surface area contributed by atoms with Gasteiger partial charge in [-0.1, -0.05) is 24.3 Å². The molecule has 0 unspecified atom stereocenters. The van der Waals surface area contributed by atoms with Crippen molar-refractivity contribution in [1.82, 2.24) is 0 Å². The summed E-state index contributed by atoms with van der Waals surface area (Å²) >= 11 is 0. The molecule has 1 radical (unpaired) electrons. The van der Waals surface area contributed by atoms with Crippen LogP contribution in [-0.4, -0.2) is 19.5 Å². The lowest BCUT2D eigenvalue weighted by atomic mass is 10.1. The third-order valence-electron chi connectivity index (χ3n) is 2.92. The quantitative estimate of drug-likeness (QED) is 0.701. The summed E-state index contributed by atoms with van der Waals surface area (Å²) in [5.74, 6) is 0.233. The minimum Gasteiger partial charge on any atom is -0.526 e. The number of rotatable bonds is 8. The molecule has 23 heavy (non-hydrogen) atoms. The van der Waals surface area contributed by atoms with Gasteiger partial charge in [-0.05, 0) is 35.4 Å². The number of hydrogen-bond donors (Lipinski definition) is 2. The first-order valence-electron chi connectivity index (χ1n) is 6.92. The number of primary amides is 2. The maximum atomic E-state index is 10.9. The maximum Gasteiger partial charge on any atom is 0.658 e. The van der Waals surface area contributed by atoms with Crippen LogP contribution < -0.4 is 20.8 Å². The van der Waals surface area contributed by atoms with Gasteiger partial charge >= 0.3 is 7.69 Å². The summed E-state index contributed by atoms with van der Waals surface area (Å²) in [4.78, 5) is 21.8. The SMILES string of the molecule is NC(=O)Cc1cccc(O[B]Oc2cccc(CC(N)=O)c2)c1. The number of hydrogen-bond acceptors (Lipinski definition) is 4. The smallest absolute Gasteiger partial charge is 0.526 e. The van der Waals surface area contributed by atoms with Crippen molar-refractivity contribution in [2.24, 2.45) is 11.5 Å². The maximum absolute atomic E-state index is 10.9. The third kappa shape index (κ3) is 5.74. The highest BCUT2D eigenvalue weighted by atomic mass is 16.6. The largest absolute Gasteiger partial charge is 0.658 e. The number of carbonyl (C=O) groups is 2. The second kappa shape index (κ2) is 7.88. The highest BCUT2D eigenvalue weighted by Gasteiger charge is 2.05. The van der Waals surface area contributed by atoms with Crippen molar-refractivity contribution in [3.8, 4) is 11.5 Å². The number of amides is 2. The Labute approximate surface area is 134 Å². The van der Waals surface area contributed by atoms with E-state index in [0.717, 1.165) is 11.1 Å². The molecule has 0 heterocycles. The van der Waals surface area contributed by atoms with Crippen molar-refractivity contribution in [1.29, 1.82) is 0 Å². The summed E-state index contributed by atoms with van der Waals surface area (Å²) in [6.45, 7) is 0. The van der Waals surface area contributed by atoms with E-state index in [-0.39, 0.29) is 12.8 Å². The first-order chi connectivity index (χ1) is 11.0. The fourth-order valence-electron chi connectivity index (χ4n) is 2.00. The van der Waals surface area contributed by atoms with E-state index < -0.39 is 11.8 Å². The van der Waals surface area contributed by atoms with Gasteiger partial charge in [0.25, 0.3) is 0 Å². The molecule has 2 rings (SSSR count). The molecule has 0 saturated carbocycles. The highest BCUT2D eigenvalue weighted by Crippen LogP contribution is 2.16. The van der Waals surface area contributed by atoms with Crippen LogP contribution in [0.3, 0.4) is 0 Å². The molecule has 0 aliphatic heterocycles. The Morgan fingerprint density at radius 3 is 1.65 bits per heavy atom. The summed E-state index contributed by atoms with van der Waals surface area (Å²) in [6.07, 6.45) is 0.292. The summed E-state index contributed by atoms with van der Waals surface area (Å²) in [5.41, 5.74) is 11.8. The van der Waals surface area contributed by atoms with Crippen LogP contribution in [-0.2, 0) is 22.4 Å². The third-order valence-corrected chi connectivity index (χ3v) is 2.92. The predicted octanol–water partition coefficient (Wildman–Crippen LogP) is 0.734. The fraction of sp³-hybridized carbons (Fsp3) is 0.125. The molecule has 2 aromatic rings. The van der Waals surface area contributed by atoms with Crippen molar-refractivity contribution >= 4 is 19.5 Å². The number of benzene rings is 2. The Balaban J connectivity index is 1.89. The molecule has 0 atom stereocenters. The molecule has 0 aliphatic rings. The Kier molecular flexibility index (Phi) is 5.63. The van der Waals surface area contributed by atoms with Gasteiger partial charge in [-0.3, -0.25) is 9.59 Å². The van der Waals surface area contributed by atoms with Gasteiger partial charge in [-0.25, -0.2) is 0 Å². The molecular formula is C16H16BN2O4. The molecule has 2 aromatic carbocycles. The Morgan fingerprint density at radius 1 is 0.826 bits per heavy atom. The lowest BCUT2D eigenvalue weighted by Crippen LogP contribution is -2.15. The first kappa shape index (κ1) is 16.4. The second-order valence-corrected chi connectivity index (χ2v) is 4.91. The van der Waals surface area contributed by atoms with E-state index in [1.165, 1.54) is 7.69 Å². The average molecular weight is 311 g/mol. The molecule has 0 saturated heterocycles. The second-order valence-electron chi connectivity index (χ2n) is 4.91. The summed E-state index contributed by atoms with van der Waals surface area (Å²) in [7, 11) is 1.17. The number of carbonyl (C=O) groups excluding carboxylic acids is 2. The van der Waals surface area contributed by atoms with Gasteiger partial charge < -0.3 is 20.8 Å². The topological polar surface area (TPSA) is 105 Å². The summed E-state index contributed by atoms with van der Waals surface area (Å²) in [5, 5.41) is 0. The van der Waals surface area contributed by atoms with Gasteiger partial charge in [0.2, 0.25) is 11.8 Å². The van der Waals surface area contributed by atoms with Gasteiger partial charge in [-0.2, -0.15) is 0 Å². The lowest BCUT2D eigenvalue weighted by Gasteiger charge is -2.08. The Morgan fingerprint density at radius 2 is 1.26 bits per heavy atom. The Bertz CT molecular complexity index is 646. The molecule has 4 N–H and O–H groups in total. The van der Waals surface area contributed by atoms with E-state index in [4.69, 9.17) is 20.8 Å². The van der Waals surface area contributed by atoms with Crippen molar-refractivity contribution < 1.29 is 18.9 Å². The zero-order valence-electron chi connectivity index (χ0n) is 12.4. The molecule has 0 fully saturated rings. The van der Waals surface area contributed by atoms with Crippen LogP contribution in [0.15, 0.2) is 48.5 Å². The first-order valence-corrected chi connectivity index (χ1v) is 6.92. The van der Waals surface area contributed by atoms with Crippen molar-refractivity contribution in [3.05, 3.63) is 59.7 Å². The van der Waals surface area contributed by atoms with Crippen LogP contribution in [0.5, 0.6) is 11.5 Å². The van der Waals surface area contributed by atoms with Gasteiger partial charge in [0.15, 0.2) is 0 Å². The summed E-state index contributed by atoms with van der Waals surface area (Å²) < 4.78 is 10.7. The van der Waals surface area contributed by atoms with Crippen molar-refractivity contribution in [2.45, 2.75) is 12.8 Å². The van der Waals surface area contributed by atoms with Gasteiger partial charge in [0.05, 0.1) is 12.8 Å². The highest BCUT2D eigenvalue weighted by molar-refractivity contribution is 6.20. The molecule has 0 spiro atoms. The molecule has 7 heteroatoms. The molecule has 0 bridgehead atoms. The van der Waals surface area contributed by atoms with Crippen LogP contribution in [0.1, 0.15) is 11.1 Å². The van der Waals surface area contributed by atoms with E-state index in [1.54, 1.807) is 48.5 Å². The van der Waals surface area contributed by atoms with E-state index in [0.29, 0.717) is 11.5 Å². The summed E-state index contributed by atoms with van der Waals surface area (Å²) in [6, 6.07) is 13.9. The van der Waals surface area contributed by atoms with Crippen LogP contribution in [0.4, 0.5) is 0 Å². The van der Waals surface area contributed by atoms with Crippen molar-refractivity contribution in [2.75, 3.05) is 0 Å². The van der Waals surface area contributed by atoms with Gasteiger partial charge in [0.1, 0.15) is 11.5 Å². The van der Waals surface area contributed by atoms with E-state index in [2.05, 4.69) is 0 Å². The standard InChI is InChI=1S/C16H16BN2O4/c18-15(20)9-11-3-1-5-13(7-11)22-17-23-14-6-2-4-12(8-14)10-16(19)21/h1-8H,9-10H2,(H2,18,20)(H2,19,21). The monoisotopic (exact) mass is 311 g/mol. The molecule has 2 amide bonds. The van der Waals surface area contributed by atoms with Crippen LogP contribution in [0.2, 0.25) is 0 Å². The minimum absolute atomic E-state index is 0.146. The fourth-order valence-corrected chi connectivity index (χ4v) is 2.00. The van der Waals surface area contributed by atoms with E-state index in [1.807, 2.05) is 0 Å². The van der Waals surface area contributed by atoms with Crippen molar-refractivity contribution in [3.63, 3.8) is 0 Å². The number of nitrogens with two attached hydrogens (primary N) is 2. The van der Waals surface area contributed by atoms with Crippen LogP contribution in [0, 0.1) is 0 Å². The lowest BCUT2D eigenvalue weighted by molar-refractivity contribution is -0.118. The molecule has 0 aliphatic carbocycles. The minimum atomic E-state index is -0.409. The molecule has 0 aromatic heterocycles. The van der Waals surface area contributed by atoms with Crippen LogP contribution >= 0.6 is 0 Å². The van der Waals surface area contributed by atoms with Gasteiger partial charge in [0, 0.05) is 0 Å². The zero-order valence-corrected chi connectivity index (χ0v) is 12.4. The van der Waals surface area contributed by atoms with Gasteiger partial charge in [-0.15, -0.1) is 0 Å². The zero-order chi connectivity index (χ0) is 16.7. The molecular weight excluding hydrogens is 295 g/mol. The molecule has 6 nitrogen and oxygen atoms in total. The average Bonchev–Trinajstić information content (AvgIpc) is 2.46. The Hall–Kier alpha value is -2.96.